The van der Waals surface area contributed by atoms with Crippen molar-refractivity contribution in [3.63, 3.8) is 0 Å². The van der Waals surface area contributed by atoms with Crippen LogP contribution in [0.4, 0.5) is 9.52 Å². The Morgan fingerprint density at radius 1 is 1.16 bits per heavy atom. The van der Waals surface area contributed by atoms with Gasteiger partial charge in [0.1, 0.15) is 5.82 Å². The maximum Gasteiger partial charge on any atom is 0.230 e. The van der Waals surface area contributed by atoms with Crippen LogP contribution in [0.5, 0.6) is 0 Å². The number of hydrogen-bond donors (Lipinski definition) is 1. The Labute approximate surface area is 190 Å². The van der Waals surface area contributed by atoms with E-state index in [-0.39, 0.29) is 11.7 Å². The summed E-state index contributed by atoms with van der Waals surface area (Å²) in [5.41, 5.74) is 2.46. The minimum absolute atomic E-state index is 0.00849. The van der Waals surface area contributed by atoms with Crippen LogP contribution in [0.2, 0.25) is 0 Å². The Morgan fingerprint density at radius 2 is 1.94 bits per heavy atom. The molecule has 0 unspecified atom stereocenters. The van der Waals surface area contributed by atoms with Gasteiger partial charge in [-0.25, -0.2) is 9.37 Å². The molecular weight excluding hydrogens is 431 g/mol. The fourth-order valence-corrected chi connectivity index (χ4v) is 5.46. The quantitative estimate of drug-likeness (QED) is 0.517. The van der Waals surface area contributed by atoms with E-state index in [4.69, 9.17) is 4.98 Å². The third kappa shape index (κ3) is 5.75. The first kappa shape index (κ1) is 22.0. The number of fused-ring (bicyclic) bond motifs is 1. The first-order valence-electron chi connectivity index (χ1n) is 10.6. The number of amides is 1. The van der Waals surface area contributed by atoms with Crippen molar-refractivity contribution >= 4 is 44.4 Å². The molecule has 0 atom stereocenters. The van der Waals surface area contributed by atoms with Gasteiger partial charge in [-0.15, -0.1) is 11.8 Å². The molecule has 1 amide bonds. The van der Waals surface area contributed by atoms with Gasteiger partial charge in [-0.05, 0) is 42.3 Å². The summed E-state index contributed by atoms with van der Waals surface area (Å²) in [6.45, 7) is 7.51. The predicted octanol–water partition coefficient (Wildman–Crippen LogP) is 4.03. The summed E-state index contributed by atoms with van der Waals surface area (Å²) in [4.78, 5) is 22.6. The molecular formula is C23H27FN4OS2. The monoisotopic (exact) mass is 458 g/mol. The maximum atomic E-state index is 12.9. The van der Waals surface area contributed by atoms with Gasteiger partial charge in [0.25, 0.3) is 0 Å². The Hall–Kier alpha value is -2.16. The van der Waals surface area contributed by atoms with Gasteiger partial charge in [0, 0.05) is 44.2 Å². The van der Waals surface area contributed by atoms with Crippen LogP contribution in [0, 0.1) is 5.82 Å². The zero-order valence-electron chi connectivity index (χ0n) is 17.6. The molecule has 164 valence electrons. The number of carbonyl (C=O) groups excluding carboxylic acids is 1. The number of halogens is 1. The SMILES string of the molecule is CCc1cccc2sc(N3CCN(CCNC(=O)CSc4ccc(F)cc4)CC3)nc12. The Kier molecular flexibility index (Phi) is 7.42. The van der Waals surface area contributed by atoms with Crippen molar-refractivity contribution in [2.45, 2.75) is 18.2 Å². The van der Waals surface area contributed by atoms with Gasteiger partial charge >= 0.3 is 0 Å². The predicted molar refractivity (Wildman–Crippen MR) is 128 cm³/mol. The lowest BCUT2D eigenvalue weighted by Gasteiger charge is -2.34. The van der Waals surface area contributed by atoms with E-state index in [9.17, 15) is 9.18 Å². The smallest absolute Gasteiger partial charge is 0.230 e. The summed E-state index contributed by atoms with van der Waals surface area (Å²) < 4.78 is 14.2. The lowest BCUT2D eigenvalue weighted by Crippen LogP contribution is -2.48. The first-order valence-corrected chi connectivity index (χ1v) is 12.4. The second-order valence-corrected chi connectivity index (χ2v) is 9.59. The second kappa shape index (κ2) is 10.4. The largest absolute Gasteiger partial charge is 0.354 e. The maximum absolute atomic E-state index is 12.9. The molecule has 1 saturated heterocycles. The highest BCUT2D eigenvalue weighted by atomic mass is 32.2. The Morgan fingerprint density at radius 3 is 2.68 bits per heavy atom. The number of anilines is 1. The van der Waals surface area contributed by atoms with E-state index in [2.05, 4.69) is 40.2 Å². The molecule has 0 aliphatic carbocycles. The summed E-state index contributed by atoms with van der Waals surface area (Å²) in [5, 5.41) is 4.10. The summed E-state index contributed by atoms with van der Waals surface area (Å²) >= 11 is 3.20. The highest BCUT2D eigenvalue weighted by Crippen LogP contribution is 2.31. The minimum Gasteiger partial charge on any atom is -0.354 e. The molecule has 1 aliphatic heterocycles. The number of nitrogens with zero attached hydrogens (tertiary/aromatic N) is 3. The molecule has 0 spiro atoms. The number of para-hydroxylation sites is 1. The number of thioether (sulfide) groups is 1. The average Bonchev–Trinajstić information content (AvgIpc) is 3.24. The fourth-order valence-electron chi connectivity index (χ4n) is 3.66. The molecule has 2 heterocycles. The van der Waals surface area contributed by atoms with Crippen molar-refractivity contribution in [1.29, 1.82) is 0 Å². The number of benzene rings is 2. The van der Waals surface area contributed by atoms with Crippen LogP contribution in [0.1, 0.15) is 12.5 Å². The van der Waals surface area contributed by atoms with Gasteiger partial charge < -0.3 is 10.2 Å². The molecule has 0 radical (unpaired) electrons. The van der Waals surface area contributed by atoms with E-state index in [1.807, 2.05) is 0 Å². The van der Waals surface area contributed by atoms with Gasteiger partial charge in [-0.2, -0.15) is 0 Å². The van der Waals surface area contributed by atoms with Crippen molar-refractivity contribution in [2.75, 3.05) is 49.9 Å². The normalized spacial score (nSPS) is 14.8. The Bertz CT molecular complexity index is 1020. The number of nitrogens with one attached hydrogen (secondary N) is 1. The number of thiazole rings is 1. The third-order valence-electron chi connectivity index (χ3n) is 5.45. The average molecular weight is 459 g/mol. The number of carbonyl (C=O) groups is 1. The van der Waals surface area contributed by atoms with Crippen molar-refractivity contribution in [3.05, 3.63) is 53.8 Å². The highest BCUT2D eigenvalue weighted by molar-refractivity contribution is 8.00. The van der Waals surface area contributed by atoms with Gasteiger partial charge in [-0.1, -0.05) is 30.4 Å². The molecule has 31 heavy (non-hydrogen) atoms. The van der Waals surface area contributed by atoms with E-state index in [0.29, 0.717) is 12.3 Å². The van der Waals surface area contributed by atoms with Gasteiger partial charge in [-0.3, -0.25) is 9.69 Å². The van der Waals surface area contributed by atoms with Crippen LogP contribution < -0.4 is 10.2 Å². The van der Waals surface area contributed by atoms with Crippen LogP contribution in [-0.4, -0.2) is 60.8 Å². The summed E-state index contributed by atoms with van der Waals surface area (Å²) in [7, 11) is 0. The van der Waals surface area contributed by atoms with Crippen molar-refractivity contribution in [1.82, 2.24) is 15.2 Å². The lowest BCUT2D eigenvalue weighted by molar-refractivity contribution is -0.118. The molecule has 1 fully saturated rings. The van der Waals surface area contributed by atoms with Crippen molar-refractivity contribution in [2.24, 2.45) is 0 Å². The minimum atomic E-state index is -0.261. The van der Waals surface area contributed by atoms with E-state index < -0.39 is 0 Å². The molecule has 2 aromatic carbocycles. The van der Waals surface area contributed by atoms with Crippen LogP contribution in [0.3, 0.4) is 0 Å². The van der Waals surface area contributed by atoms with Crippen LogP contribution >= 0.6 is 23.1 Å². The molecule has 4 rings (SSSR count). The van der Waals surface area contributed by atoms with Crippen LogP contribution in [0.15, 0.2) is 47.4 Å². The zero-order chi connectivity index (χ0) is 21.6. The Balaban J connectivity index is 1.18. The zero-order valence-corrected chi connectivity index (χ0v) is 19.3. The summed E-state index contributed by atoms with van der Waals surface area (Å²) in [5.74, 6) is 0.0911. The molecule has 1 aromatic heterocycles. The molecule has 0 saturated carbocycles. The lowest BCUT2D eigenvalue weighted by atomic mass is 10.1. The van der Waals surface area contributed by atoms with E-state index in [1.54, 1.807) is 23.5 Å². The van der Waals surface area contributed by atoms with Gasteiger partial charge in [0.05, 0.1) is 16.0 Å². The second-order valence-electron chi connectivity index (χ2n) is 7.54. The molecule has 1 N–H and O–H groups in total. The van der Waals surface area contributed by atoms with E-state index in [0.717, 1.165) is 54.7 Å². The van der Waals surface area contributed by atoms with E-state index >= 15 is 0 Å². The summed E-state index contributed by atoms with van der Waals surface area (Å²) in [6.07, 6.45) is 1.00. The molecule has 0 bridgehead atoms. The molecule has 8 heteroatoms. The fraction of sp³-hybridized carbons (Fsp3) is 0.391. The number of hydrogen-bond acceptors (Lipinski definition) is 6. The van der Waals surface area contributed by atoms with Crippen LogP contribution in [0.25, 0.3) is 10.2 Å². The van der Waals surface area contributed by atoms with Gasteiger partial charge in [0.15, 0.2) is 5.13 Å². The topological polar surface area (TPSA) is 48.5 Å². The standard InChI is InChI=1S/C23H27FN4OS2/c1-2-17-4-3-5-20-22(17)26-23(31-20)28-14-12-27(13-15-28)11-10-25-21(29)16-30-19-8-6-18(24)7-9-19/h3-9H,2,10-16H2,1H3,(H,25,29). The number of aromatic nitrogens is 1. The highest BCUT2D eigenvalue weighted by Gasteiger charge is 2.20. The number of aryl methyl sites for hydroxylation is 1. The summed E-state index contributed by atoms with van der Waals surface area (Å²) in [6, 6.07) is 12.7. The molecule has 1 aliphatic rings. The third-order valence-corrected chi connectivity index (χ3v) is 7.54. The van der Waals surface area contributed by atoms with Crippen LogP contribution in [-0.2, 0) is 11.2 Å². The molecule has 3 aromatic rings. The number of piperazine rings is 1. The van der Waals surface area contributed by atoms with Crippen molar-refractivity contribution in [3.8, 4) is 0 Å². The number of rotatable bonds is 8. The van der Waals surface area contributed by atoms with E-state index in [1.165, 1.54) is 34.2 Å². The van der Waals surface area contributed by atoms with Gasteiger partial charge in [0.2, 0.25) is 5.91 Å². The first-order chi connectivity index (χ1) is 15.1. The molecule has 5 nitrogen and oxygen atoms in total. The van der Waals surface area contributed by atoms with Crippen molar-refractivity contribution < 1.29 is 9.18 Å².